The van der Waals surface area contributed by atoms with Gasteiger partial charge < -0.3 is 9.52 Å². The molecule has 0 spiro atoms. The van der Waals surface area contributed by atoms with Gasteiger partial charge >= 0.3 is 0 Å². The van der Waals surface area contributed by atoms with Crippen LogP contribution in [0.5, 0.6) is 0 Å². The molecule has 0 bridgehead atoms. The zero-order valence-corrected chi connectivity index (χ0v) is 37.3. The Morgan fingerprint density at radius 2 is 1.56 bits per heavy atom. The molecule has 6 heteroatoms. The minimum atomic E-state index is -0.00653. The number of hydrogen-bond acceptors (Lipinski definition) is 5. The van der Waals surface area contributed by atoms with Crippen LogP contribution in [0.3, 0.4) is 0 Å². The fraction of sp³-hybridized carbons (Fsp3) is 0.417. The number of aliphatic hydroxyl groups is 1. The Kier molecular flexibility index (Phi) is 14.7. The van der Waals surface area contributed by atoms with Crippen LogP contribution in [0, 0.1) is 37.7 Å². The normalized spacial score (nSPS) is 12.2. The van der Waals surface area contributed by atoms with Gasteiger partial charge in [-0.1, -0.05) is 110 Å². The second-order valence-electron chi connectivity index (χ2n) is 16.0. The SMILES string of the molecule is CCC(CC)C(=O)/C=C(\O)C(CC)CC.Cc1cc2c(-c3ccc4c(C)c(CC(C)C)sc4c3)cc(-c3[c-]c4ccccc4c(C(C)(C)C)c3)nc2o1.[Ir]. The molecule has 0 aliphatic rings. The second-order valence-corrected chi connectivity index (χ2v) is 17.1. The van der Waals surface area contributed by atoms with E-state index in [1.54, 1.807) is 0 Å². The fourth-order valence-corrected chi connectivity index (χ4v) is 8.75. The first-order valence-corrected chi connectivity index (χ1v) is 20.3. The third-order valence-electron chi connectivity index (χ3n) is 10.5. The molecular weight excluding hydrogens is 863 g/mol. The van der Waals surface area contributed by atoms with Crippen LogP contribution in [0.1, 0.15) is 110 Å². The van der Waals surface area contributed by atoms with E-state index in [1.807, 2.05) is 46.0 Å². The van der Waals surface area contributed by atoms with Crippen molar-refractivity contribution in [2.24, 2.45) is 17.8 Å². The van der Waals surface area contributed by atoms with Gasteiger partial charge in [-0.2, -0.15) is 0 Å². The van der Waals surface area contributed by atoms with E-state index in [2.05, 4.69) is 108 Å². The molecule has 0 unspecified atom stereocenters. The van der Waals surface area contributed by atoms with Crippen molar-refractivity contribution in [3.63, 3.8) is 0 Å². The number of nitrogens with zero attached hydrogens (tertiary/aromatic N) is 1. The first-order valence-electron chi connectivity index (χ1n) is 19.5. The number of allylic oxidation sites excluding steroid dienone is 2. The summed E-state index contributed by atoms with van der Waals surface area (Å²) in [7, 11) is 0. The number of carbonyl (C=O) groups excluding carboxylic acids is 1. The molecule has 0 atom stereocenters. The third-order valence-corrected chi connectivity index (χ3v) is 11.8. The molecule has 0 saturated heterocycles. The topological polar surface area (TPSA) is 63.3 Å². The molecule has 0 fully saturated rings. The maximum Gasteiger partial charge on any atom is 0.219 e. The van der Waals surface area contributed by atoms with Crippen LogP contribution in [-0.2, 0) is 36.7 Å². The number of hydrogen-bond donors (Lipinski definition) is 1. The average Bonchev–Trinajstić information content (AvgIpc) is 3.65. The number of benzene rings is 3. The molecule has 1 radical (unpaired) electrons. The van der Waals surface area contributed by atoms with Gasteiger partial charge in [0, 0.05) is 58.7 Å². The molecule has 3 aromatic carbocycles. The van der Waals surface area contributed by atoms with Gasteiger partial charge in [-0.3, -0.25) is 9.78 Å². The van der Waals surface area contributed by atoms with Crippen LogP contribution in [0.4, 0.5) is 0 Å². The van der Waals surface area contributed by atoms with Gasteiger partial charge in [0.25, 0.3) is 0 Å². The Bertz CT molecular complexity index is 2240. The molecule has 3 heterocycles. The van der Waals surface area contributed by atoms with E-state index in [1.165, 1.54) is 43.1 Å². The summed E-state index contributed by atoms with van der Waals surface area (Å²) in [6.45, 7) is 23.7. The van der Waals surface area contributed by atoms with Gasteiger partial charge in [0.1, 0.15) is 5.76 Å². The summed E-state index contributed by atoms with van der Waals surface area (Å²) in [4.78, 5) is 18.2. The zero-order valence-electron chi connectivity index (χ0n) is 34.1. The van der Waals surface area contributed by atoms with Crippen LogP contribution >= 0.6 is 11.3 Å². The second kappa shape index (κ2) is 18.4. The van der Waals surface area contributed by atoms with Crippen molar-refractivity contribution >= 4 is 49.1 Å². The van der Waals surface area contributed by atoms with Gasteiger partial charge in [-0.05, 0) is 91.5 Å². The molecule has 0 aliphatic heterocycles. The molecule has 0 saturated carbocycles. The van der Waals surface area contributed by atoms with E-state index in [0.29, 0.717) is 11.6 Å². The summed E-state index contributed by atoms with van der Waals surface area (Å²) in [6.07, 6.45) is 6.03. The quantitative estimate of drug-likeness (QED) is 0.0799. The van der Waals surface area contributed by atoms with Gasteiger partial charge in [0.2, 0.25) is 5.71 Å². The van der Waals surface area contributed by atoms with Crippen molar-refractivity contribution in [2.45, 2.75) is 114 Å². The van der Waals surface area contributed by atoms with E-state index in [9.17, 15) is 9.90 Å². The minimum absolute atomic E-state index is 0. The molecule has 6 aromatic rings. The van der Waals surface area contributed by atoms with Crippen molar-refractivity contribution in [1.29, 1.82) is 0 Å². The fourth-order valence-electron chi connectivity index (χ4n) is 7.29. The van der Waals surface area contributed by atoms with Crippen molar-refractivity contribution in [3.8, 4) is 22.4 Å². The number of aromatic nitrogens is 1. The van der Waals surface area contributed by atoms with Crippen molar-refractivity contribution in [1.82, 2.24) is 4.98 Å². The molecular formula is C48H58IrNO3S-. The van der Waals surface area contributed by atoms with E-state index in [-0.39, 0.29) is 48.9 Å². The summed E-state index contributed by atoms with van der Waals surface area (Å²) < 4.78 is 7.45. The molecule has 1 N–H and O–H groups in total. The molecule has 3 aromatic heterocycles. The third kappa shape index (κ3) is 9.62. The number of rotatable bonds is 11. The first kappa shape index (κ1) is 43.2. The van der Waals surface area contributed by atoms with Crippen LogP contribution in [0.25, 0.3) is 54.3 Å². The Balaban J connectivity index is 0.000000347. The summed E-state index contributed by atoms with van der Waals surface area (Å²) >= 11 is 1.93. The summed E-state index contributed by atoms with van der Waals surface area (Å²) in [5.41, 5.74) is 7.63. The van der Waals surface area contributed by atoms with Crippen LogP contribution in [0.2, 0.25) is 0 Å². The molecule has 0 amide bonds. The average molecular weight is 921 g/mol. The predicted molar refractivity (Wildman–Crippen MR) is 227 cm³/mol. The number of fused-ring (bicyclic) bond motifs is 3. The number of furan rings is 1. The van der Waals surface area contributed by atoms with E-state index >= 15 is 0 Å². The Labute approximate surface area is 340 Å². The van der Waals surface area contributed by atoms with Crippen LogP contribution < -0.4 is 0 Å². The van der Waals surface area contributed by atoms with Gasteiger partial charge in [-0.15, -0.1) is 40.5 Å². The minimum Gasteiger partial charge on any atom is -0.512 e. The zero-order chi connectivity index (χ0) is 38.6. The smallest absolute Gasteiger partial charge is 0.219 e. The number of aryl methyl sites for hydroxylation is 2. The van der Waals surface area contributed by atoms with Gasteiger partial charge in [0.15, 0.2) is 5.78 Å². The van der Waals surface area contributed by atoms with Crippen molar-refractivity contribution < 1.29 is 34.4 Å². The number of carbonyl (C=O) groups is 1. The maximum absolute atomic E-state index is 11.7. The Morgan fingerprint density at radius 1 is 0.889 bits per heavy atom. The van der Waals surface area contributed by atoms with Gasteiger partial charge in [0.05, 0.1) is 5.76 Å². The molecule has 289 valence electrons. The van der Waals surface area contributed by atoms with E-state index in [4.69, 9.17) is 9.40 Å². The van der Waals surface area contributed by atoms with Crippen molar-refractivity contribution in [3.05, 3.63) is 100 Å². The predicted octanol–water partition coefficient (Wildman–Crippen LogP) is 14.3. The van der Waals surface area contributed by atoms with Gasteiger partial charge in [-0.25, -0.2) is 0 Å². The molecule has 4 nitrogen and oxygen atoms in total. The largest absolute Gasteiger partial charge is 0.512 e. The number of thiophene rings is 1. The number of ketones is 1. The summed E-state index contributed by atoms with van der Waals surface area (Å²) in [6, 6.07) is 25.7. The van der Waals surface area contributed by atoms with E-state index in [0.717, 1.165) is 65.5 Å². The van der Waals surface area contributed by atoms with Crippen LogP contribution in [0.15, 0.2) is 76.9 Å². The van der Waals surface area contributed by atoms with Crippen LogP contribution in [-0.4, -0.2) is 15.9 Å². The number of aliphatic hydroxyl groups excluding tert-OH is 1. The standard InChI is InChI=1S/C35H34NOS.C13H24O2.Ir/c1-20(2)14-32-22(4)26-13-12-24(18-33(26)38-32)28-19-31(36-34-29(28)15-21(3)37-34)25-16-23-10-8-9-11-27(23)30(17-25)35(5,6)7;1-5-10(6-2)12(14)9-13(15)11(7-3)8-4;/h8-13,15,17-20H,14H2,1-7H3;9-11,14H,5-8H2,1-4H3;/q-1;;/b;12-9-;. The molecule has 54 heavy (non-hydrogen) atoms. The Morgan fingerprint density at radius 3 is 2.19 bits per heavy atom. The maximum atomic E-state index is 11.7. The number of pyridine rings is 1. The first-order chi connectivity index (χ1) is 25.2. The molecule has 0 aliphatic carbocycles. The Hall–Kier alpha value is -3.57. The summed E-state index contributed by atoms with van der Waals surface area (Å²) in [5, 5.41) is 14.5. The van der Waals surface area contributed by atoms with E-state index < -0.39 is 0 Å². The summed E-state index contributed by atoms with van der Waals surface area (Å²) in [5.74, 6) is 2.07. The monoisotopic (exact) mass is 921 g/mol. The molecule has 6 rings (SSSR count). The van der Waals surface area contributed by atoms with Crippen molar-refractivity contribution in [2.75, 3.05) is 0 Å².